The Hall–Kier alpha value is -3.52. The average Bonchev–Trinajstić information content (AvgIpc) is 3.02. The van der Waals surface area contributed by atoms with Crippen LogP contribution < -0.4 is 0 Å². The van der Waals surface area contributed by atoms with Crippen LogP contribution >= 0.6 is 0 Å². The molecule has 0 aliphatic carbocycles. The summed E-state index contributed by atoms with van der Waals surface area (Å²) in [6.45, 7) is 0. The molecule has 0 radical (unpaired) electrons. The molecule has 2 nitrogen and oxygen atoms in total. The second-order valence-electron chi connectivity index (χ2n) is 6.62. The molecular weight excluding hydrogens is 318 g/mol. The highest BCUT2D eigenvalue weighted by Gasteiger charge is 2.13. The van der Waals surface area contributed by atoms with Gasteiger partial charge in [0.25, 0.3) is 0 Å². The fourth-order valence-electron chi connectivity index (χ4n) is 4.11. The van der Waals surface area contributed by atoms with Gasteiger partial charge in [-0.3, -0.25) is 0 Å². The minimum Gasteiger partial charge on any atom is -0.455 e. The molecule has 0 amide bonds. The minimum atomic E-state index is 0.872. The van der Waals surface area contributed by atoms with Crippen LogP contribution in [0.15, 0.2) is 95.4 Å². The third-order valence-corrected chi connectivity index (χ3v) is 5.20. The normalized spacial score (nSPS) is 11.8. The molecule has 4 aromatic carbocycles. The summed E-state index contributed by atoms with van der Waals surface area (Å²) in [5.74, 6) is 0. The summed E-state index contributed by atoms with van der Waals surface area (Å²) in [6, 6.07) is 31.7. The lowest BCUT2D eigenvalue weighted by Gasteiger charge is -2.07. The maximum atomic E-state index is 6.37. The molecule has 6 rings (SSSR count). The second-order valence-corrected chi connectivity index (χ2v) is 6.62. The molecule has 0 fully saturated rings. The number of rotatable bonds is 0. The van der Waals surface area contributed by atoms with Gasteiger partial charge < -0.3 is 8.82 Å². The van der Waals surface area contributed by atoms with Gasteiger partial charge >= 0.3 is 0 Å². The lowest BCUT2D eigenvalue weighted by molar-refractivity contribution is 0.661. The predicted octanol–water partition coefficient (Wildman–Crippen LogP) is 6.71. The maximum Gasteiger partial charge on any atom is 0.151 e. The van der Waals surface area contributed by atoms with E-state index in [1.807, 2.05) is 24.3 Å². The molecule has 2 heterocycles. The van der Waals surface area contributed by atoms with Crippen molar-refractivity contribution in [2.75, 3.05) is 0 Å². The first kappa shape index (κ1) is 13.7. The summed E-state index contributed by atoms with van der Waals surface area (Å²) >= 11 is 0. The fourth-order valence-corrected chi connectivity index (χ4v) is 4.11. The molecule has 0 saturated heterocycles. The van der Waals surface area contributed by atoms with Crippen LogP contribution in [-0.2, 0) is 0 Å². The number of nitrogens with zero attached hydrogens (tertiary/aromatic N) is 1. The van der Waals surface area contributed by atoms with Crippen molar-refractivity contribution in [1.29, 1.82) is 0 Å². The first-order chi connectivity index (χ1) is 12.9. The van der Waals surface area contributed by atoms with E-state index >= 15 is 0 Å². The first-order valence-electron chi connectivity index (χ1n) is 8.81. The zero-order chi connectivity index (χ0) is 17.1. The number of hydrogen-bond donors (Lipinski definition) is 0. The fraction of sp³-hybridized carbons (Fsp3) is 0. The van der Waals surface area contributed by atoms with Crippen LogP contribution in [0, 0.1) is 0 Å². The lowest BCUT2D eigenvalue weighted by Crippen LogP contribution is -1.88. The summed E-state index contributed by atoms with van der Waals surface area (Å²) in [4.78, 5) is 0. The van der Waals surface area contributed by atoms with Crippen molar-refractivity contribution in [2.45, 2.75) is 0 Å². The van der Waals surface area contributed by atoms with E-state index in [-0.39, 0.29) is 0 Å². The quantitative estimate of drug-likeness (QED) is 0.302. The molecule has 0 bridgehead atoms. The van der Waals surface area contributed by atoms with Crippen molar-refractivity contribution in [2.24, 2.45) is 0 Å². The summed E-state index contributed by atoms with van der Waals surface area (Å²) in [6.07, 6.45) is 0. The first-order valence-corrected chi connectivity index (χ1v) is 8.81. The zero-order valence-corrected chi connectivity index (χ0v) is 14.0. The van der Waals surface area contributed by atoms with E-state index < -0.39 is 0 Å². The SMILES string of the molecule is c1ccc2c(c1)oc1ccccc1n1c3ccccc3c3cccc2c31. The molecule has 0 spiro atoms. The molecule has 122 valence electrons. The molecule has 6 aromatic rings. The highest BCUT2D eigenvalue weighted by molar-refractivity contribution is 6.19. The lowest BCUT2D eigenvalue weighted by atomic mass is 10.1. The maximum absolute atomic E-state index is 6.37. The van der Waals surface area contributed by atoms with Gasteiger partial charge in [-0.2, -0.15) is 0 Å². The van der Waals surface area contributed by atoms with E-state index in [9.17, 15) is 0 Å². The van der Waals surface area contributed by atoms with Gasteiger partial charge in [-0.05, 0) is 24.3 Å². The predicted molar refractivity (Wildman–Crippen MR) is 109 cm³/mol. The van der Waals surface area contributed by atoms with Crippen LogP contribution in [0.25, 0.3) is 49.3 Å². The number of benzene rings is 4. The van der Waals surface area contributed by atoms with Crippen LogP contribution in [-0.4, -0.2) is 4.40 Å². The van der Waals surface area contributed by atoms with Gasteiger partial charge in [0.1, 0.15) is 5.58 Å². The molecule has 2 aromatic heterocycles. The standard InChI is InChI=1S/C24H15NO/c1-3-12-20-16(8-1)18-10-7-11-19-17-9-2-5-14-22(17)26-23-15-6-4-13-21(23)25(20)24(18)19/h1-15H. The molecular formula is C24H15NO. The van der Waals surface area contributed by atoms with E-state index in [4.69, 9.17) is 4.42 Å². The van der Waals surface area contributed by atoms with Crippen molar-refractivity contribution in [3.05, 3.63) is 91.0 Å². The van der Waals surface area contributed by atoms with Crippen LogP contribution in [0.5, 0.6) is 0 Å². The van der Waals surface area contributed by atoms with Crippen molar-refractivity contribution in [3.8, 4) is 0 Å². The Morgan fingerprint density at radius 2 is 1.04 bits per heavy atom. The average molecular weight is 333 g/mol. The van der Waals surface area contributed by atoms with E-state index in [2.05, 4.69) is 71.1 Å². The van der Waals surface area contributed by atoms with Gasteiger partial charge in [0.05, 0.1) is 16.6 Å². The molecule has 0 atom stereocenters. The van der Waals surface area contributed by atoms with Gasteiger partial charge in [-0.25, -0.2) is 0 Å². The number of aromatic nitrogens is 1. The molecule has 26 heavy (non-hydrogen) atoms. The third kappa shape index (κ3) is 1.71. The van der Waals surface area contributed by atoms with Gasteiger partial charge in [0, 0.05) is 21.5 Å². The van der Waals surface area contributed by atoms with Crippen molar-refractivity contribution < 1.29 is 4.42 Å². The topological polar surface area (TPSA) is 17.6 Å². The Balaban J connectivity index is 2.14. The van der Waals surface area contributed by atoms with Crippen LogP contribution in [0.1, 0.15) is 0 Å². The number of fused-ring (bicyclic) bond motifs is 7. The van der Waals surface area contributed by atoms with Gasteiger partial charge in [-0.1, -0.05) is 66.7 Å². The van der Waals surface area contributed by atoms with Gasteiger partial charge in [0.15, 0.2) is 5.58 Å². The Kier molecular flexibility index (Phi) is 2.64. The number of para-hydroxylation sites is 5. The Bertz CT molecular complexity index is 1480. The summed E-state index contributed by atoms with van der Waals surface area (Å²) in [5, 5.41) is 4.85. The van der Waals surface area contributed by atoms with E-state index in [1.165, 1.54) is 27.2 Å². The number of hydrogen-bond acceptors (Lipinski definition) is 1. The third-order valence-electron chi connectivity index (χ3n) is 5.20. The molecule has 0 aliphatic heterocycles. The monoisotopic (exact) mass is 333 g/mol. The van der Waals surface area contributed by atoms with E-state index in [1.54, 1.807) is 0 Å². The van der Waals surface area contributed by atoms with Gasteiger partial charge in [-0.15, -0.1) is 0 Å². The minimum absolute atomic E-state index is 0.872. The van der Waals surface area contributed by atoms with Crippen LogP contribution in [0.4, 0.5) is 0 Å². The Labute approximate surface area is 149 Å². The smallest absolute Gasteiger partial charge is 0.151 e. The highest BCUT2D eigenvalue weighted by atomic mass is 16.3. The Morgan fingerprint density at radius 3 is 1.88 bits per heavy atom. The molecule has 2 heteroatoms. The van der Waals surface area contributed by atoms with E-state index in [0.29, 0.717) is 0 Å². The van der Waals surface area contributed by atoms with Crippen molar-refractivity contribution in [3.63, 3.8) is 0 Å². The van der Waals surface area contributed by atoms with Crippen molar-refractivity contribution in [1.82, 2.24) is 4.40 Å². The van der Waals surface area contributed by atoms with Crippen LogP contribution in [0.3, 0.4) is 0 Å². The summed E-state index contributed by atoms with van der Waals surface area (Å²) in [5.41, 5.74) is 5.27. The largest absolute Gasteiger partial charge is 0.455 e. The summed E-state index contributed by atoms with van der Waals surface area (Å²) in [7, 11) is 0. The van der Waals surface area contributed by atoms with Crippen molar-refractivity contribution >= 4 is 49.3 Å². The van der Waals surface area contributed by atoms with Crippen LogP contribution in [0.2, 0.25) is 0 Å². The molecule has 0 aliphatic rings. The molecule has 0 N–H and O–H groups in total. The van der Waals surface area contributed by atoms with Gasteiger partial charge in [0.2, 0.25) is 0 Å². The second kappa shape index (κ2) is 4.99. The van der Waals surface area contributed by atoms with E-state index in [0.717, 1.165) is 22.1 Å². The summed E-state index contributed by atoms with van der Waals surface area (Å²) < 4.78 is 8.71. The molecule has 0 unspecified atom stereocenters. The zero-order valence-electron chi connectivity index (χ0n) is 14.0. The molecule has 0 saturated carbocycles. The highest BCUT2D eigenvalue weighted by Crippen LogP contribution is 2.36. The Morgan fingerprint density at radius 1 is 0.462 bits per heavy atom.